The molecule has 56 valence electrons. The Morgan fingerprint density at radius 2 is 2.50 bits per heavy atom. The molecule has 1 nitrogen and oxygen atoms in total. The molecule has 0 unspecified atom stereocenters. The lowest BCUT2D eigenvalue weighted by atomic mass is 10.1. The van der Waals surface area contributed by atoms with Gasteiger partial charge in [0, 0.05) is 0 Å². The van der Waals surface area contributed by atoms with Crippen LogP contribution in [0.2, 0.25) is 0 Å². The first-order chi connectivity index (χ1) is 4.83. The molecule has 1 heterocycles. The zero-order valence-corrected chi connectivity index (χ0v) is 6.63. The van der Waals surface area contributed by atoms with Crippen molar-refractivity contribution in [3.05, 3.63) is 23.8 Å². The molecule has 0 aromatic rings. The Balaban J connectivity index is 2.53. The minimum atomic E-state index is 0.235. The van der Waals surface area contributed by atoms with Crippen molar-refractivity contribution in [1.82, 2.24) is 0 Å². The summed E-state index contributed by atoms with van der Waals surface area (Å²) in [4.78, 5) is 0. The molecular formula is C9H14O. The molecule has 0 bridgehead atoms. The Bertz CT molecular complexity index is 156. The van der Waals surface area contributed by atoms with Crippen LogP contribution >= 0.6 is 0 Å². The largest absolute Gasteiger partial charge is 0.370 e. The van der Waals surface area contributed by atoms with Crippen molar-refractivity contribution < 1.29 is 4.74 Å². The van der Waals surface area contributed by atoms with Crippen LogP contribution in [-0.2, 0) is 4.74 Å². The maximum absolute atomic E-state index is 5.43. The van der Waals surface area contributed by atoms with Crippen LogP contribution in [-0.4, -0.2) is 12.7 Å². The average Bonchev–Trinajstić information content (AvgIpc) is 1.88. The Hall–Kier alpha value is -0.560. The van der Waals surface area contributed by atoms with Crippen LogP contribution in [0.5, 0.6) is 0 Å². The van der Waals surface area contributed by atoms with Crippen molar-refractivity contribution >= 4 is 0 Å². The standard InChI is InChI=1S/C9H14O/c1-3-4-9-7-8(2)5-6-10-9/h3-4,7,9H,5-6H2,1-2H3/b4-3-/t9-/m0/s1. The van der Waals surface area contributed by atoms with E-state index in [-0.39, 0.29) is 6.10 Å². The number of hydrogen-bond donors (Lipinski definition) is 0. The second-order valence-electron chi connectivity index (χ2n) is 2.62. The topological polar surface area (TPSA) is 9.23 Å². The summed E-state index contributed by atoms with van der Waals surface area (Å²) in [5.74, 6) is 0. The van der Waals surface area contributed by atoms with Crippen molar-refractivity contribution in [2.75, 3.05) is 6.61 Å². The smallest absolute Gasteiger partial charge is 0.0940 e. The fourth-order valence-electron chi connectivity index (χ4n) is 1.07. The second-order valence-corrected chi connectivity index (χ2v) is 2.62. The van der Waals surface area contributed by atoms with Crippen LogP contribution < -0.4 is 0 Å². The molecule has 1 rings (SSSR count). The molecule has 0 saturated heterocycles. The van der Waals surface area contributed by atoms with Crippen LogP contribution in [0.25, 0.3) is 0 Å². The summed E-state index contributed by atoms with van der Waals surface area (Å²) in [5.41, 5.74) is 1.44. The highest BCUT2D eigenvalue weighted by molar-refractivity contribution is 5.11. The molecule has 1 heteroatoms. The van der Waals surface area contributed by atoms with Crippen LogP contribution in [0.3, 0.4) is 0 Å². The van der Waals surface area contributed by atoms with Gasteiger partial charge in [-0.25, -0.2) is 0 Å². The first-order valence-corrected chi connectivity index (χ1v) is 3.74. The van der Waals surface area contributed by atoms with E-state index in [0.717, 1.165) is 13.0 Å². The Morgan fingerprint density at radius 3 is 3.10 bits per heavy atom. The third-order valence-corrected chi connectivity index (χ3v) is 1.64. The lowest BCUT2D eigenvalue weighted by Crippen LogP contribution is -2.13. The van der Waals surface area contributed by atoms with Crippen LogP contribution in [0.4, 0.5) is 0 Å². The van der Waals surface area contributed by atoms with Crippen molar-refractivity contribution in [1.29, 1.82) is 0 Å². The molecule has 0 radical (unpaired) electrons. The second kappa shape index (κ2) is 3.57. The summed E-state index contributed by atoms with van der Waals surface area (Å²) in [7, 11) is 0. The van der Waals surface area contributed by atoms with E-state index < -0.39 is 0 Å². The van der Waals surface area contributed by atoms with Crippen molar-refractivity contribution in [2.24, 2.45) is 0 Å². The highest BCUT2D eigenvalue weighted by Gasteiger charge is 2.06. The van der Waals surface area contributed by atoms with Gasteiger partial charge < -0.3 is 4.74 Å². The van der Waals surface area contributed by atoms with Crippen LogP contribution in [0.15, 0.2) is 23.8 Å². The van der Waals surface area contributed by atoms with E-state index >= 15 is 0 Å². The van der Waals surface area contributed by atoms with E-state index in [1.165, 1.54) is 5.57 Å². The van der Waals surface area contributed by atoms with Gasteiger partial charge in [-0.3, -0.25) is 0 Å². The van der Waals surface area contributed by atoms with Crippen molar-refractivity contribution in [3.63, 3.8) is 0 Å². The van der Waals surface area contributed by atoms with Gasteiger partial charge in [0.25, 0.3) is 0 Å². The molecule has 0 aliphatic carbocycles. The van der Waals surface area contributed by atoms with Gasteiger partial charge in [0.1, 0.15) is 0 Å². The highest BCUT2D eigenvalue weighted by Crippen LogP contribution is 2.12. The summed E-state index contributed by atoms with van der Waals surface area (Å²) >= 11 is 0. The number of ether oxygens (including phenoxy) is 1. The predicted octanol–water partition coefficient (Wildman–Crippen LogP) is 2.30. The Labute approximate surface area is 62.4 Å². The van der Waals surface area contributed by atoms with Gasteiger partial charge in [0.15, 0.2) is 0 Å². The average molecular weight is 138 g/mol. The molecule has 0 fully saturated rings. The van der Waals surface area contributed by atoms with Crippen molar-refractivity contribution in [3.8, 4) is 0 Å². The maximum atomic E-state index is 5.43. The van der Waals surface area contributed by atoms with Crippen LogP contribution in [0.1, 0.15) is 20.3 Å². The lowest BCUT2D eigenvalue weighted by Gasteiger charge is -2.16. The fraction of sp³-hybridized carbons (Fsp3) is 0.556. The summed E-state index contributed by atoms with van der Waals surface area (Å²) in [6.45, 7) is 5.04. The minimum absolute atomic E-state index is 0.235. The van der Waals surface area contributed by atoms with E-state index in [2.05, 4.69) is 19.1 Å². The molecule has 1 atom stereocenters. The van der Waals surface area contributed by atoms with E-state index in [1.807, 2.05) is 13.0 Å². The number of hydrogen-bond acceptors (Lipinski definition) is 1. The molecule has 1 aliphatic heterocycles. The van der Waals surface area contributed by atoms with Gasteiger partial charge in [0.05, 0.1) is 12.7 Å². The molecular weight excluding hydrogens is 124 g/mol. The fourth-order valence-corrected chi connectivity index (χ4v) is 1.07. The normalized spacial score (nSPS) is 27.0. The molecule has 0 aromatic heterocycles. The van der Waals surface area contributed by atoms with Gasteiger partial charge in [-0.2, -0.15) is 0 Å². The van der Waals surface area contributed by atoms with Gasteiger partial charge in [-0.1, -0.05) is 23.8 Å². The third-order valence-electron chi connectivity index (χ3n) is 1.64. The molecule has 1 aliphatic rings. The highest BCUT2D eigenvalue weighted by atomic mass is 16.5. The van der Waals surface area contributed by atoms with E-state index in [1.54, 1.807) is 0 Å². The maximum Gasteiger partial charge on any atom is 0.0940 e. The van der Waals surface area contributed by atoms with Gasteiger partial charge in [-0.05, 0) is 20.3 Å². The Kier molecular flexibility index (Phi) is 2.69. The zero-order valence-electron chi connectivity index (χ0n) is 6.63. The van der Waals surface area contributed by atoms with Gasteiger partial charge in [0.2, 0.25) is 0 Å². The quantitative estimate of drug-likeness (QED) is 0.505. The first kappa shape index (κ1) is 7.55. The SMILES string of the molecule is C/C=C\[C@H]1C=C(C)CCO1. The molecule has 0 N–H and O–H groups in total. The lowest BCUT2D eigenvalue weighted by molar-refractivity contribution is 0.107. The zero-order chi connectivity index (χ0) is 7.40. The number of allylic oxidation sites excluding steroid dienone is 1. The van der Waals surface area contributed by atoms with Crippen LogP contribution in [0, 0.1) is 0 Å². The summed E-state index contributed by atoms with van der Waals surface area (Å²) in [6.07, 6.45) is 7.60. The van der Waals surface area contributed by atoms with E-state index in [4.69, 9.17) is 4.74 Å². The number of rotatable bonds is 1. The molecule has 0 aromatic carbocycles. The molecule has 0 spiro atoms. The Morgan fingerprint density at radius 1 is 1.70 bits per heavy atom. The van der Waals surface area contributed by atoms with E-state index in [9.17, 15) is 0 Å². The predicted molar refractivity (Wildman–Crippen MR) is 42.9 cm³/mol. The minimum Gasteiger partial charge on any atom is -0.370 e. The van der Waals surface area contributed by atoms with E-state index in [0.29, 0.717) is 0 Å². The third kappa shape index (κ3) is 1.99. The van der Waals surface area contributed by atoms with Gasteiger partial charge >= 0.3 is 0 Å². The summed E-state index contributed by atoms with van der Waals surface area (Å²) in [6, 6.07) is 0. The van der Waals surface area contributed by atoms with Crippen molar-refractivity contribution in [2.45, 2.75) is 26.4 Å². The summed E-state index contributed by atoms with van der Waals surface area (Å²) < 4.78 is 5.43. The van der Waals surface area contributed by atoms with Gasteiger partial charge in [-0.15, -0.1) is 0 Å². The molecule has 10 heavy (non-hydrogen) atoms. The first-order valence-electron chi connectivity index (χ1n) is 3.74. The monoisotopic (exact) mass is 138 g/mol. The molecule has 0 amide bonds. The summed E-state index contributed by atoms with van der Waals surface area (Å²) in [5, 5.41) is 0. The molecule has 0 saturated carbocycles.